The van der Waals surface area contributed by atoms with E-state index in [0.29, 0.717) is 18.9 Å². The van der Waals surface area contributed by atoms with Crippen LogP contribution >= 0.6 is 0 Å². The molecule has 4 nitrogen and oxygen atoms in total. The standard InChI is InChI=1S/C11H22N2O2/c1-2-3-4-13(5-6-14)11(15)7-10-8-12-9-10/h10,12,14H,2-9H2,1H3. The van der Waals surface area contributed by atoms with Crippen LogP contribution in [0.5, 0.6) is 0 Å². The Morgan fingerprint density at radius 1 is 1.47 bits per heavy atom. The smallest absolute Gasteiger partial charge is 0.223 e. The molecule has 0 unspecified atom stereocenters. The van der Waals surface area contributed by atoms with Crippen LogP contribution < -0.4 is 5.32 Å². The minimum absolute atomic E-state index is 0.0678. The van der Waals surface area contributed by atoms with Crippen LogP contribution in [-0.2, 0) is 4.79 Å². The maximum atomic E-state index is 11.8. The van der Waals surface area contributed by atoms with Gasteiger partial charge in [0, 0.05) is 19.5 Å². The maximum Gasteiger partial charge on any atom is 0.223 e. The van der Waals surface area contributed by atoms with Crippen LogP contribution in [0.2, 0.25) is 0 Å². The molecule has 0 aliphatic carbocycles. The lowest BCUT2D eigenvalue weighted by Crippen LogP contribution is -2.45. The number of amides is 1. The summed E-state index contributed by atoms with van der Waals surface area (Å²) >= 11 is 0. The molecule has 4 heteroatoms. The molecule has 0 radical (unpaired) electrons. The average molecular weight is 214 g/mol. The molecule has 1 heterocycles. The van der Waals surface area contributed by atoms with Gasteiger partial charge in [0.05, 0.1) is 6.61 Å². The van der Waals surface area contributed by atoms with E-state index in [0.717, 1.165) is 32.5 Å². The molecule has 1 aliphatic heterocycles. The number of rotatable bonds is 7. The number of nitrogens with one attached hydrogen (secondary N) is 1. The van der Waals surface area contributed by atoms with Crippen molar-refractivity contribution < 1.29 is 9.90 Å². The van der Waals surface area contributed by atoms with Gasteiger partial charge in [0.25, 0.3) is 0 Å². The number of aliphatic hydroxyl groups excluding tert-OH is 1. The fourth-order valence-electron chi connectivity index (χ4n) is 1.70. The number of unbranched alkanes of at least 4 members (excludes halogenated alkanes) is 1. The highest BCUT2D eigenvalue weighted by Gasteiger charge is 2.22. The molecule has 1 aliphatic rings. The van der Waals surface area contributed by atoms with E-state index in [1.807, 2.05) is 0 Å². The minimum atomic E-state index is 0.0678. The van der Waals surface area contributed by atoms with Crippen molar-refractivity contribution in [3.05, 3.63) is 0 Å². The van der Waals surface area contributed by atoms with E-state index in [4.69, 9.17) is 5.11 Å². The summed E-state index contributed by atoms with van der Waals surface area (Å²) in [4.78, 5) is 13.6. The molecular formula is C11H22N2O2. The van der Waals surface area contributed by atoms with Gasteiger partial charge >= 0.3 is 0 Å². The molecule has 0 aromatic heterocycles. The monoisotopic (exact) mass is 214 g/mol. The summed E-state index contributed by atoms with van der Waals surface area (Å²) in [6, 6.07) is 0. The number of aliphatic hydroxyl groups is 1. The molecular weight excluding hydrogens is 192 g/mol. The third kappa shape index (κ3) is 4.18. The van der Waals surface area contributed by atoms with Gasteiger partial charge in [-0.25, -0.2) is 0 Å². The minimum Gasteiger partial charge on any atom is -0.395 e. The summed E-state index contributed by atoms with van der Waals surface area (Å²) in [5.74, 6) is 0.712. The van der Waals surface area contributed by atoms with Crippen molar-refractivity contribution in [3.8, 4) is 0 Å². The summed E-state index contributed by atoms with van der Waals surface area (Å²) in [7, 11) is 0. The molecule has 15 heavy (non-hydrogen) atoms. The molecule has 1 saturated heterocycles. The second kappa shape index (κ2) is 6.80. The highest BCUT2D eigenvalue weighted by atomic mass is 16.3. The lowest BCUT2D eigenvalue weighted by atomic mass is 9.98. The number of hydrogen-bond donors (Lipinski definition) is 2. The van der Waals surface area contributed by atoms with Crippen LogP contribution in [0.4, 0.5) is 0 Å². The molecule has 1 rings (SSSR count). The summed E-state index contributed by atoms with van der Waals surface area (Å²) in [5.41, 5.74) is 0. The van der Waals surface area contributed by atoms with Crippen LogP contribution in [0.1, 0.15) is 26.2 Å². The van der Waals surface area contributed by atoms with Gasteiger partial charge < -0.3 is 15.3 Å². The average Bonchev–Trinajstić information content (AvgIpc) is 2.18. The quantitative estimate of drug-likeness (QED) is 0.637. The summed E-state index contributed by atoms with van der Waals surface area (Å²) in [6.07, 6.45) is 2.74. The van der Waals surface area contributed by atoms with Gasteiger partial charge in [-0.2, -0.15) is 0 Å². The number of nitrogens with zero attached hydrogens (tertiary/aromatic N) is 1. The normalized spacial score (nSPS) is 16.1. The molecule has 1 amide bonds. The van der Waals surface area contributed by atoms with E-state index in [1.165, 1.54) is 0 Å². The highest BCUT2D eigenvalue weighted by molar-refractivity contribution is 5.76. The van der Waals surface area contributed by atoms with Crippen LogP contribution in [-0.4, -0.2) is 48.7 Å². The predicted molar refractivity (Wildman–Crippen MR) is 59.6 cm³/mol. The van der Waals surface area contributed by atoms with E-state index in [9.17, 15) is 4.79 Å². The first kappa shape index (κ1) is 12.5. The van der Waals surface area contributed by atoms with Crippen LogP contribution in [0, 0.1) is 5.92 Å². The molecule has 0 saturated carbocycles. The first-order valence-corrected chi connectivity index (χ1v) is 5.87. The van der Waals surface area contributed by atoms with Crippen LogP contribution in [0.15, 0.2) is 0 Å². The lowest BCUT2D eigenvalue weighted by Gasteiger charge is -2.29. The van der Waals surface area contributed by atoms with E-state index >= 15 is 0 Å². The summed E-state index contributed by atoms with van der Waals surface area (Å²) in [6.45, 7) is 5.38. The topological polar surface area (TPSA) is 52.6 Å². The first-order valence-electron chi connectivity index (χ1n) is 5.87. The largest absolute Gasteiger partial charge is 0.395 e. The molecule has 1 fully saturated rings. The summed E-state index contributed by atoms with van der Waals surface area (Å²) < 4.78 is 0. The predicted octanol–water partition coefficient (Wildman–Crippen LogP) is 0.217. The zero-order valence-electron chi connectivity index (χ0n) is 9.54. The van der Waals surface area contributed by atoms with Crippen LogP contribution in [0.25, 0.3) is 0 Å². The van der Waals surface area contributed by atoms with Gasteiger partial charge in [-0.1, -0.05) is 13.3 Å². The van der Waals surface area contributed by atoms with Gasteiger partial charge in [-0.3, -0.25) is 4.79 Å². The first-order chi connectivity index (χ1) is 7.27. The fraction of sp³-hybridized carbons (Fsp3) is 0.909. The van der Waals surface area contributed by atoms with Crippen molar-refractivity contribution in [2.24, 2.45) is 5.92 Å². The zero-order chi connectivity index (χ0) is 11.1. The second-order valence-electron chi connectivity index (χ2n) is 4.19. The summed E-state index contributed by atoms with van der Waals surface area (Å²) in [5, 5.41) is 12.0. The Bertz CT molecular complexity index is 193. The van der Waals surface area contributed by atoms with E-state index in [2.05, 4.69) is 12.2 Å². The van der Waals surface area contributed by atoms with Gasteiger partial charge in [0.2, 0.25) is 5.91 Å². The van der Waals surface area contributed by atoms with E-state index in [-0.39, 0.29) is 12.5 Å². The Morgan fingerprint density at radius 2 is 2.20 bits per heavy atom. The van der Waals surface area contributed by atoms with Crippen molar-refractivity contribution in [3.63, 3.8) is 0 Å². The third-order valence-electron chi connectivity index (χ3n) is 2.83. The molecule has 0 aromatic rings. The van der Waals surface area contributed by atoms with E-state index in [1.54, 1.807) is 4.90 Å². The Balaban J connectivity index is 2.28. The number of hydrogen-bond acceptors (Lipinski definition) is 3. The Hall–Kier alpha value is -0.610. The molecule has 0 bridgehead atoms. The van der Waals surface area contributed by atoms with Crippen molar-refractivity contribution in [1.82, 2.24) is 10.2 Å². The maximum absolute atomic E-state index is 11.8. The fourth-order valence-corrected chi connectivity index (χ4v) is 1.70. The number of carbonyl (C=O) groups is 1. The molecule has 0 spiro atoms. The van der Waals surface area contributed by atoms with Crippen molar-refractivity contribution >= 4 is 5.91 Å². The Morgan fingerprint density at radius 3 is 2.67 bits per heavy atom. The second-order valence-corrected chi connectivity index (χ2v) is 4.19. The van der Waals surface area contributed by atoms with Crippen molar-refractivity contribution in [2.75, 3.05) is 32.8 Å². The lowest BCUT2D eigenvalue weighted by molar-refractivity contribution is -0.133. The Labute approximate surface area is 91.6 Å². The van der Waals surface area contributed by atoms with Gasteiger partial charge in [0.1, 0.15) is 0 Å². The SMILES string of the molecule is CCCCN(CCO)C(=O)CC1CNC1. The molecule has 2 N–H and O–H groups in total. The molecule has 0 atom stereocenters. The highest BCUT2D eigenvalue weighted by Crippen LogP contribution is 2.11. The van der Waals surface area contributed by atoms with Crippen molar-refractivity contribution in [1.29, 1.82) is 0 Å². The van der Waals surface area contributed by atoms with E-state index < -0.39 is 0 Å². The third-order valence-corrected chi connectivity index (χ3v) is 2.83. The van der Waals surface area contributed by atoms with Gasteiger partial charge in [-0.15, -0.1) is 0 Å². The van der Waals surface area contributed by atoms with Gasteiger partial charge in [0.15, 0.2) is 0 Å². The Kier molecular flexibility index (Phi) is 5.65. The molecule has 88 valence electrons. The zero-order valence-corrected chi connectivity index (χ0v) is 9.54. The number of carbonyl (C=O) groups excluding carboxylic acids is 1. The van der Waals surface area contributed by atoms with Crippen LogP contribution in [0.3, 0.4) is 0 Å². The molecule has 0 aromatic carbocycles. The van der Waals surface area contributed by atoms with Crippen molar-refractivity contribution in [2.45, 2.75) is 26.2 Å². The van der Waals surface area contributed by atoms with Gasteiger partial charge in [-0.05, 0) is 25.4 Å².